The Hall–Kier alpha value is -2.81. The maximum Gasteiger partial charge on any atom is 0.269 e. The number of benzene rings is 1. The summed E-state index contributed by atoms with van der Waals surface area (Å²) in [7, 11) is 0. The second-order valence-corrected chi connectivity index (χ2v) is 7.62. The van der Waals surface area contributed by atoms with Gasteiger partial charge in [0.15, 0.2) is 11.0 Å². The minimum atomic E-state index is -0.407. The smallest absolute Gasteiger partial charge is 0.269 e. The van der Waals surface area contributed by atoms with Gasteiger partial charge in [0.1, 0.15) is 10.9 Å². The summed E-state index contributed by atoms with van der Waals surface area (Å²) in [5.41, 5.74) is 3.24. The van der Waals surface area contributed by atoms with Crippen molar-refractivity contribution in [2.75, 3.05) is 0 Å². The van der Waals surface area contributed by atoms with Crippen LogP contribution in [0.15, 0.2) is 34.4 Å². The average Bonchev–Trinajstić information content (AvgIpc) is 3.10. The maximum atomic E-state index is 10.9. The number of nitrogens with zero attached hydrogens (tertiary/aromatic N) is 6. The molecule has 8 nitrogen and oxygen atoms in total. The highest BCUT2D eigenvalue weighted by Crippen LogP contribution is 2.34. The first-order chi connectivity index (χ1) is 13.6. The molecule has 1 aliphatic carbocycles. The molecule has 3 aromatic rings. The van der Waals surface area contributed by atoms with Crippen molar-refractivity contribution in [3.63, 3.8) is 0 Å². The number of non-ortho nitro benzene ring substituents is 1. The molecule has 9 heteroatoms. The Morgan fingerprint density at radius 1 is 1.14 bits per heavy atom. The van der Waals surface area contributed by atoms with Crippen LogP contribution >= 0.6 is 11.8 Å². The van der Waals surface area contributed by atoms with Crippen LogP contribution in [-0.4, -0.2) is 29.7 Å². The molecule has 0 radical (unpaired) electrons. The van der Waals surface area contributed by atoms with Crippen molar-refractivity contribution in [2.45, 2.75) is 56.3 Å². The maximum absolute atomic E-state index is 10.9. The van der Waals surface area contributed by atoms with Gasteiger partial charge < -0.3 is 4.57 Å². The van der Waals surface area contributed by atoms with E-state index in [1.54, 1.807) is 12.1 Å². The van der Waals surface area contributed by atoms with Gasteiger partial charge in [-0.2, -0.15) is 0 Å². The lowest BCUT2D eigenvalue weighted by Crippen LogP contribution is -2.10. The van der Waals surface area contributed by atoms with Crippen LogP contribution in [0, 0.1) is 17.0 Å². The lowest BCUT2D eigenvalue weighted by Gasteiger charge is -2.18. The average molecular weight is 396 g/mol. The minimum Gasteiger partial charge on any atom is -0.302 e. The van der Waals surface area contributed by atoms with Crippen LogP contribution in [0.4, 0.5) is 5.69 Å². The standard InChI is InChI=1S/C19H20N6O2S/c1-3-24-17(13-8-10-14(11-9-13)25(26)27)22-23-19(24)28-18-15-6-4-5-7-16(15)20-12(2)21-18/h8-11H,3-7H2,1-2H3. The molecule has 2 aromatic heterocycles. The fourth-order valence-corrected chi connectivity index (χ4v) is 4.54. The molecule has 2 heterocycles. The molecule has 0 aliphatic heterocycles. The molecule has 0 fully saturated rings. The van der Waals surface area contributed by atoms with Gasteiger partial charge in [0.05, 0.1) is 4.92 Å². The fraction of sp³-hybridized carbons (Fsp3) is 0.368. The van der Waals surface area contributed by atoms with Crippen molar-refractivity contribution in [3.05, 3.63) is 51.5 Å². The van der Waals surface area contributed by atoms with Gasteiger partial charge in [0, 0.05) is 35.5 Å². The normalized spacial score (nSPS) is 13.4. The summed E-state index contributed by atoms with van der Waals surface area (Å²) in [6, 6.07) is 6.39. The minimum absolute atomic E-state index is 0.0593. The number of aryl methyl sites for hydroxylation is 2. The Labute approximate surface area is 166 Å². The molecule has 0 N–H and O–H groups in total. The third-order valence-electron chi connectivity index (χ3n) is 4.81. The highest BCUT2D eigenvalue weighted by Gasteiger charge is 2.21. The second-order valence-electron chi connectivity index (χ2n) is 6.66. The summed E-state index contributed by atoms with van der Waals surface area (Å²) in [4.78, 5) is 19.8. The Balaban J connectivity index is 1.69. The van der Waals surface area contributed by atoms with Crippen LogP contribution < -0.4 is 0 Å². The number of rotatable bonds is 5. The van der Waals surface area contributed by atoms with Crippen molar-refractivity contribution in [1.29, 1.82) is 0 Å². The zero-order valence-electron chi connectivity index (χ0n) is 15.8. The predicted molar refractivity (Wildman–Crippen MR) is 105 cm³/mol. The topological polar surface area (TPSA) is 99.6 Å². The Morgan fingerprint density at radius 3 is 2.61 bits per heavy atom. The van der Waals surface area contributed by atoms with Crippen LogP contribution in [0.5, 0.6) is 0 Å². The molecule has 0 amide bonds. The SMILES string of the molecule is CCn1c(Sc2nc(C)nc3c2CCCC3)nnc1-c1ccc([N+](=O)[O-])cc1. The first-order valence-electron chi connectivity index (χ1n) is 9.29. The predicted octanol–water partition coefficient (Wildman–Crippen LogP) is 4.00. The number of fused-ring (bicyclic) bond motifs is 1. The number of hydrogen-bond acceptors (Lipinski definition) is 7. The summed E-state index contributed by atoms with van der Waals surface area (Å²) in [5.74, 6) is 1.47. The fourth-order valence-electron chi connectivity index (χ4n) is 3.44. The Bertz CT molecular complexity index is 1030. The number of aromatic nitrogens is 5. The molecule has 0 unspecified atom stereocenters. The molecule has 1 aliphatic rings. The van der Waals surface area contributed by atoms with Crippen molar-refractivity contribution in [2.24, 2.45) is 0 Å². The molecular weight excluding hydrogens is 376 g/mol. The van der Waals surface area contributed by atoms with E-state index in [9.17, 15) is 10.1 Å². The Morgan fingerprint density at radius 2 is 1.89 bits per heavy atom. The molecule has 4 rings (SSSR count). The molecule has 0 saturated heterocycles. The number of nitro benzene ring substituents is 1. The number of nitro groups is 1. The lowest BCUT2D eigenvalue weighted by molar-refractivity contribution is -0.384. The van der Waals surface area contributed by atoms with E-state index in [0.29, 0.717) is 12.4 Å². The summed E-state index contributed by atoms with van der Waals surface area (Å²) in [6.07, 6.45) is 4.32. The van der Waals surface area contributed by atoms with Gasteiger partial charge in [-0.3, -0.25) is 10.1 Å². The van der Waals surface area contributed by atoms with Gasteiger partial charge in [-0.1, -0.05) is 0 Å². The summed E-state index contributed by atoms with van der Waals surface area (Å²) in [6.45, 7) is 4.64. The summed E-state index contributed by atoms with van der Waals surface area (Å²) >= 11 is 1.52. The van der Waals surface area contributed by atoms with E-state index < -0.39 is 4.92 Å². The third kappa shape index (κ3) is 3.49. The number of hydrogen-bond donors (Lipinski definition) is 0. The molecular formula is C19H20N6O2S. The van der Waals surface area contributed by atoms with Crippen molar-refractivity contribution >= 4 is 17.4 Å². The first kappa shape index (κ1) is 18.5. The molecule has 1 aromatic carbocycles. The van der Waals surface area contributed by atoms with Crippen LogP contribution in [0.3, 0.4) is 0 Å². The van der Waals surface area contributed by atoms with Gasteiger partial charge in [0.2, 0.25) is 0 Å². The zero-order chi connectivity index (χ0) is 19.7. The second kappa shape index (κ2) is 7.67. The van der Waals surface area contributed by atoms with Crippen molar-refractivity contribution in [3.8, 4) is 11.4 Å². The monoisotopic (exact) mass is 396 g/mol. The van der Waals surface area contributed by atoms with Gasteiger partial charge in [-0.25, -0.2) is 9.97 Å². The van der Waals surface area contributed by atoms with Crippen LogP contribution in [0.25, 0.3) is 11.4 Å². The largest absolute Gasteiger partial charge is 0.302 e. The lowest BCUT2D eigenvalue weighted by atomic mass is 9.97. The molecule has 0 bridgehead atoms. The van der Waals surface area contributed by atoms with Gasteiger partial charge in [-0.05, 0) is 63.4 Å². The van der Waals surface area contributed by atoms with Crippen LogP contribution in [0.2, 0.25) is 0 Å². The van der Waals surface area contributed by atoms with Gasteiger partial charge in [0.25, 0.3) is 5.69 Å². The van der Waals surface area contributed by atoms with Crippen molar-refractivity contribution in [1.82, 2.24) is 24.7 Å². The first-order valence-corrected chi connectivity index (χ1v) is 10.1. The highest BCUT2D eigenvalue weighted by atomic mass is 32.2. The van der Waals surface area contributed by atoms with Crippen molar-refractivity contribution < 1.29 is 4.92 Å². The van der Waals surface area contributed by atoms with E-state index in [2.05, 4.69) is 20.2 Å². The molecule has 0 atom stereocenters. The molecule has 0 spiro atoms. The van der Waals surface area contributed by atoms with E-state index >= 15 is 0 Å². The van der Waals surface area contributed by atoms with E-state index in [1.165, 1.54) is 35.9 Å². The van der Waals surface area contributed by atoms with Gasteiger partial charge in [-0.15, -0.1) is 10.2 Å². The van der Waals surface area contributed by atoms with E-state index in [-0.39, 0.29) is 5.69 Å². The van der Waals surface area contributed by atoms with E-state index in [1.807, 2.05) is 18.4 Å². The van der Waals surface area contributed by atoms with Crippen LogP contribution in [0.1, 0.15) is 36.8 Å². The quantitative estimate of drug-likeness (QED) is 0.365. The summed E-state index contributed by atoms with van der Waals surface area (Å²) in [5, 5.41) is 21.3. The van der Waals surface area contributed by atoms with E-state index in [0.717, 1.165) is 46.5 Å². The Kier molecular flexibility index (Phi) is 5.08. The highest BCUT2D eigenvalue weighted by molar-refractivity contribution is 7.99. The van der Waals surface area contributed by atoms with Crippen LogP contribution in [-0.2, 0) is 19.4 Å². The third-order valence-corrected chi connectivity index (χ3v) is 5.83. The summed E-state index contributed by atoms with van der Waals surface area (Å²) < 4.78 is 2.01. The molecule has 28 heavy (non-hydrogen) atoms. The zero-order valence-corrected chi connectivity index (χ0v) is 16.6. The van der Waals surface area contributed by atoms with E-state index in [4.69, 9.17) is 0 Å². The molecule has 0 saturated carbocycles. The van der Waals surface area contributed by atoms with Gasteiger partial charge >= 0.3 is 0 Å². The molecule has 144 valence electrons.